The maximum atomic E-state index is 9.97. The highest BCUT2D eigenvalue weighted by molar-refractivity contribution is 5.60. The third-order valence-electron chi connectivity index (χ3n) is 3.20. The zero-order valence-electron chi connectivity index (χ0n) is 11.4. The fourth-order valence-corrected chi connectivity index (χ4v) is 2.09. The molecule has 0 aliphatic heterocycles. The Kier molecular flexibility index (Phi) is 4.02. The molecule has 0 saturated carbocycles. The number of rotatable bonds is 6. The third kappa shape index (κ3) is 3.51. The maximum absolute atomic E-state index is 9.97. The number of hydrogen-bond acceptors (Lipinski definition) is 5. The molecule has 0 aliphatic carbocycles. The van der Waals surface area contributed by atoms with Gasteiger partial charge in [-0.1, -0.05) is 0 Å². The number of nitrogens with zero attached hydrogens (tertiary/aromatic N) is 6. The first-order valence-electron chi connectivity index (χ1n) is 6.74. The van der Waals surface area contributed by atoms with Crippen molar-refractivity contribution in [1.82, 2.24) is 29.5 Å². The zero-order chi connectivity index (χ0) is 14.5. The number of aliphatic hydroxyl groups excluding tert-OH is 1. The fraction of sp³-hybridized carbons (Fsp3) is 0.286. The lowest BCUT2D eigenvalue weighted by Crippen LogP contribution is -2.18. The van der Waals surface area contributed by atoms with Gasteiger partial charge in [0.1, 0.15) is 12.7 Å². The summed E-state index contributed by atoms with van der Waals surface area (Å²) in [6.45, 7) is 1.10. The molecular formula is C14H16N6O. The molecule has 108 valence electrons. The van der Waals surface area contributed by atoms with Crippen molar-refractivity contribution in [2.45, 2.75) is 25.6 Å². The summed E-state index contributed by atoms with van der Waals surface area (Å²) in [5.41, 5.74) is 2.13. The van der Waals surface area contributed by atoms with Crippen LogP contribution in [0.1, 0.15) is 6.42 Å². The van der Waals surface area contributed by atoms with Gasteiger partial charge in [0.05, 0.1) is 18.8 Å². The average molecular weight is 284 g/mol. The highest BCUT2D eigenvalue weighted by Gasteiger charge is 2.07. The third-order valence-corrected chi connectivity index (χ3v) is 3.20. The van der Waals surface area contributed by atoms with E-state index in [0.29, 0.717) is 19.5 Å². The molecule has 0 fully saturated rings. The Labute approximate surface area is 121 Å². The van der Waals surface area contributed by atoms with E-state index in [4.69, 9.17) is 0 Å². The Morgan fingerprint density at radius 3 is 2.67 bits per heavy atom. The molecule has 3 heterocycles. The molecule has 0 saturated heterocycles. The Hall–Kier alpha value is -2.54. The van der Waals surface area contributed by atoms with Gasteiger partial charge in [0, 0.05) is 30.7 Å². The van der Waals surface area contributed by atoms with Crippen LogP contribution in [0.5, 0.6) is 0 Å². The van der Waals surface area contributed by atoms with Gasteiger partial charge in [0.25, 0.3) is 0 Å². The van der Waals surface area contributed by atoms with Gasteiger partial charge in [0.15, 0.2) is 0 Å². The average Bonchev–Trinajstić information content (AvgIpc) is 3.17. The molecule has 0 bridgehead atoms. The predicted molar refractivity (Wildman–Crippen MR) is 76.1 cm³/mol. The van der Waals surface area contributed by atoms with Gasteiger partial charge in [-0.2, -0.15) is 10.2 Å². The molecule has 7 heteroatoms. The molecule has 3 rings (SSSR count). The lowest BCUT2D eigenvalue weighted by molar-refractivity contribution is 0.133. The van der Waals surface area contributed by atoms with Crippen LogP contribution < -0.4 is 0 Å². The van der Waals surface area contributed by atoms with E-state index < -0.39 is 6.10 Å². The minimum Gasteiger partial charge on any atom is -0.391 e. The highest BCUT2D eigenvalue weighted by atomic mass is 16.3. The molecule has 0 spiro atoms. The van der Waals surface area contributed by atoms with Crippen molar-refractivity contribution in [3.63, 3.8) is 0 Å². The van der Waals surface area contributed by atoms with E-state index in [-0.39, 0.29) is 0 Å². The van der Waals surface area contributed by atoms with E-state index >= 15 is 0 Å². The van der Waals surface area contributed by atoms with Crippen LogP contribution in [0.4, 0.5) is 0 Å². The molecule has 1 N–H and O–H groups in total. The van der Waals surface area contributed by atoms with Gasteiger partial charge in [-0.3, -0.25) is 14.3 Å². The summed E-state index contributed by atoms with van der Waals surface area (Å²) in [5.74, 6) is 0. The predicted octanol–water partition coefficient (Wildman–Crippen LogP) is 0.988. The summed E-state index contributed by atoms with van der Waals surface area (Å²) >= 11 is 0. The summed E-state index contributed by atoms with van der Waals surface area (Å²) in [7, 11) is 0. The highest BCUT2D eigenvalue weighted by Crippen LogP contribution is 2.17. The first-order valence-corrected chi connectivity index (χ1v) is 6.74. The van der Waals surface area contributed by atoms with E-state index in [1.54, 1.807) is 23.4 Å². The van der Waals surface area contributed by atoms with Crippen molar-refractivity contribution in [2.75, 3.05) is 0 Å². The number of pyridine rings is 1. The molecule has 0 radical (unpaired) electrons. The van der Waals surface area contributed by atoms with E-state index in [9.17, 15) is 5.11 Å². The van der Waals surface area contributed by atoms with Gasteiger partial charge in [-0.05, 0) is 24.1 Å². The first kappa shape index (κ1) is 13.4. The standard InChI is InChI=1S/C14H16N6O/c21-14(9-20-11-16-10-18-20)3-6-19-8-13(7-17-19)12-1-4-15-5-2-12/h1-2,4-5,7-8,10-11,14,21H,3,6,9H2. The van der Waals surface area contributed by atoms with Crippen molar-refractivity contribution in [1.29, 1.82) is 0 Å². The Morgan fingerprint density at radius 2 is 1.90 bits per heavy atom. The molecule has 0 aromatic carbocycles. The summed E-state index contributed by atoms with van der Waals surface area (Å²) in [6, 6.07) is 3.89. The van der Waals surface area contributed by atoms with Crippen LogP contribution in [-0.4, -0.2) is 40.7 Å². The zero-order valence-corrected chi connectivity index (χ0v) is 11.4. The number of aryl methyl sites for hydroxylation is 1. The summed E-state index contributed by atoms with van der Waals surface area (Å²) in [5, 5.41) is 18.3. The Morgan fingerprint density at radius 1 is 1.05 bits per heavy atom. The van der Waals surface area contributed by atoms with Crippen LogP contribution in [-0.2, 0) is 13.1 Å². The molecule has 21 heavy (non-hydrogen) atoms. The number of aliphatic hydroxyl groups is 1. The number of hydrogen-bond donors (Lipinski definition) is 1. The second kappa shape index (κ2) is 6.27. The minimum atomic E-state index is -0.472. The molecule has 0 aliphatic rings. The largest absolute Gasteiger partial charge is 0.391 e. The van der Waals surface area contributed by atoms with Gasteiger partial charge in [-0.25, -0.2) is 4.98 Å². The van der Waals surface area contributed by atoms with Crippen molar-refractivity contribution in [3.05, 3.63) is 49.6 Å². The second-order valence-electron chi connectivity index (χ2n) is 4.79. The van der Waals surface area contributed by atoms with E-state index in [2.05, 4.69) is 20.2 Å². The molecule has 0 amide bonds. The summed E-state index contributed by atoms with van der Waals surface area (Å²) in [6.07, 6.45) is 10.5. The lowest BCUT2D eigenvalue weighted by Gasteiger charge is -2.10. The van der Waals surface area contributed by atoms with Crippen LogP contribution >= 0.6 is 0 Å². The minimum absolute atomic E-state index is 0.443. The van der Waals surface area contributed by atoms with Crippen molar-refractivity contribution < 1.29 is 5.11 Å². The molecular weight excluding hydrogens is 268 g/mol. The summed E-state index contributed by atoms with van der Waals surface area (Å²) < 4.78 is 3.45. The molecule has 7 nitrogen and oxygen atoms in total. The van der Waals surface area contributed by atoms with Crippen LogP contribution in [0.3, 0.4) is 0 Å². The van der Waals surface area contributed by atoms with Gasteiger partial charge >= 0.3 is 0 Å². The summed E-state index contributed by atoms with van der Waals surface area (Å²) in [4.78, 5) is 7.85. The molecule has 1 unspecified atom stereocenters. The van der Waals surface area contributed by atoms with Crippen molar-refractivity contribution in [3.8, 4) is 11.1 Å². The van der Waals surface area contributed by atoms with Crippen LogP contribution in [0.25, 0.3) is 11.1 Å². The quantitative estimate of drug-likeness (QED) is 0.730. The maximum Gasteiger partial charge on any atom is 0.137 e. The topological polar surface area (TPSA) is 81.6 Å². The van der Waals surface area contributed by atoms with E-state index in [1.807, 2.05) is 29.2 Å². The SMILES string of the molecule is OC(CCn1cc(-c2ccncc2)cn1)Cn1cncn1. The monoisotopic (exact) mass is 284 g/mol. The Balaban J connectivity index is 1.55. The molecule has 3 aromatic heterocycles. The molecule has 1 atom stereocenters. The fourth-order valence-electron chi connectivity index (χ4n) is 2.09. The van der Waals surface area contributed by atoms with Crippen LogP contribution in [0, 0.1) is 0 Å². The van der Waals surface area contributed by atoms with Gasteiger partial charge in [0.2, 0.25) is 0 Å². The Bertz CT molecular complexity index is 664. The van der Waals surface area contributed by atoms with Gasteiger partial charge in [-0.15, -0.1) is 0 Å². The first-order chi connectivity index (χ1) is 10.3. The normalized spacial score (nSPS) is 12.4. The second-order valence-corrected chi connectivity index (χ2v) is 4.79. The van der Waals surface area contributed by atoms with E-state index in [1.165, 1.54) is 6.33 Å². The van der Waals surface area contributed by atoms with Crippen LogP contribution in [0.15, 0.2) is 49.6 Å². The van der Waals surface area contributed by atoms with Crippen LogP contribution in [0.2, 0.25) is 0 Å². The van der Waals surface area contributed by atoms with Gasteiger partial charge < -0.3 is 5.11 Å². The van der Waals surface area contributed by atoms with Crippen molar-refractivity contribution in [2.24, 2.45) is 0 Å². The van der Waals surface area contributed by atoms with E-state index in [0.717, 1.165) is 11.1 Å². The van der Waals surface area contributed by atoms with Crippen molar-refractivity contribution >= 4 is 0 Å². The lowest BCUT2D eigenvalue weighted by atomic mass is 10.1. The number of aromatic nitrogens is 6. The molecule has 3 aromatic rings. The smallest absolute Gasteiger partial charge is 0.137 e.